The Morgan fingerprint density at radius 3 is 2.50 bits per heavy atom. The quantitative estimate of drug-likeness (QED) is 0.780. The summed E-state index contributed by atoms with van der Waals surface area (Å²) in [5.74, 6) is 0. The van der Waals surface area contributed by atoms with Crippen molar-refractivity contribution in [1.29, 1.82) is 0 Å². The Bertz CT molecular complexity index is 246. The molecule has 2 nitrogen and oxygen atoms in total. The molecule has 0 saturated heterocycles. The van der Waals surface area contributed by atoms with Gasteiger partial charge in [-0.15, -0.1) is 0 Å². The van der Waals surface area contributed by atoms with Gasteiger partial charge in [0.15, 0.2) is 0 Å². The summed E-state index contributed by atoms with van der Waals surface area (Å²) in [6.45, 7) is 4.45. The fourth-order valence-corrected chi connectivity index (χ4v) is 1.14. The van der Waals surface area contributed by atoms with Crippen LogP contribution in [0.4, 0.5) is 0 Å². The van der Waals surface area contributed by atoms with Crippen molar-refractivity contribution >= 4 is 0 Å². The summed E-state index contributed by atoms with van der Waals surface area (Å²) in [5, 5.41) is 9.74. The molecule has 0 bridgehead atoms. The second-order valence-electron chi connectivity index (χ2n) is 3.48. The highest BCUT2D eigenvalue weighted by atomic mass is 16.5. The van der Waals surface area contributed by atoms with E-state index in [0.717, 1.165) is 12.0 Å². The molecule has 14 heavy (non-hydrogen) atoms. The van der Waals surface area contributed by atoms with Gasteiger partial charge in [0.25, 0.3) is 0 Å². The molecule has 1 rings (SSSR count). The number of hydrogen-bond donors (Lipinski definition) is 1. The van der Waals surface area contributed by atoms with Gasteiger partial charge in [0.2, 0.25) is 0 Å². The minimum Gasteiger partial charge on any atom is -0.386 e. The van der Waals surface area contributed by atoms with E-state index in [2.05, 4.69) is 6.92 Å². The van der Waals surface area contributed by atoms with Crippen molar-refractivity contribution in [2.45, 2.75) is 32.5 Å². The molecule has 0 heterocycles. The van der Waals surface area contributed by atoms with E-state index < -0.39 is 6.10 Å². The van der Waals surface area contributed by atoms with Crippen molar-refractivity contribution in [3.05, 3.63) is 35.9 Å². The third-order valence-corrected chi connectivity index (χ3v) is 2.30. The molecular weight excluding hydrogens is 176 g/mol. The van der Waals surface area contributed by atoms with E-state index in [1.54, 1.807) is 0 Å². The molecule has 1 aromatic rings. The van der Waals surface area contributed by atoms with Gasteiger partial charge >= 0.3 is 0 Å². The van der Waals surface area contributed by atoms with E-state index >= 15 is 0 Å². The largest absolute Gasteiger partial charge is 0.386 e. The molecule has 0 radical (unpaired) electrons. The van der Waals surface area contributed by atoms with E-state index in [1.807, 2.05) is 37.3 Å². The molecule has 1 aromatic carbocycles. The van der Waals surface area contributed by atoms with E-state index in [4.69, 9.17) is 4.74 Å². The summed E-state index contributed by atoms with van der Waals surface area (Å²) in [4.78, 5) is 0. The number of aliphatic hydroxyl groups is 1. The minimum atomic E-state index is -0.509. The molecule has 0 aliphatic rings. The second kappa shape index (κ2) is 5.78. The van der Waals surface area contributed by atoms with Crippen molar-refractivity contribution in [2.24, 2.45) is 0 Å². The molecule has 2 atom stereocenters. The third kappa shape index (κ3) is 3.48. The number of aliphatic hydroxyl groups excluding tert-OH is 1. The van der Waals surface area contributed by atoms with Crippen LogP contribution in [0.3, 0.4) is 0 Å². The fraction of sp³-hybridized carbons (Fsp3) is 0.500. The minimum absolute atomic E-state index is 0.216. The molecule has 0 aliphatic heterocycles. The number of rotatable bonds is 5. The molecule has 0 aliphatic carbocycles. The molecule has 0 amide bonds. The first-order valence-electron chi connectivity index (χ1n) is 5.08. The van der Waals surface area contributed by atoms with Crippen LogP contribution in [0.25, 0.3) is 0 Å². The van der Waals surface area contributed by atoms with Crippen LogP contribution in [0.1, 0.15) is 31.9 Å². The molecule has 0 aromatic heterocycles. The lowest BCUT2D eigenvalue weighted by molar-refractivity contribution is -0.00374. The van der Waals surface area contributed by atoms with Crippen LogP contribution in [0.5, 0.6) is 0 Å². The SMILES string of the molecule is CCC(C)OC[C@H](O)c1ccccc1. The van der Waals surface area contributed by atoms with E-state index in [0.29, 0.717) is 6.61 Å². The van der Waals surface area contributed by atoms with Gasteiger partial charge in [-0.1, -0.05) is 37.3 Å². The van der Waals surface area contributed by atoms with Gasteiger partial charge in [0, 0.05) is 0 Å². The smallest absolute Gasteiger partial charge is 0.102 e. The summed E-state index contributed by atoms with van der Waals surface area (Å²) in [6.07, 6.45) is 0.681. The Morgan fingerprint density at radius 1 is 1.29 bits per heavy atom. The molecular formula is C12H18O2. The first-order valence-corrected chi connectivity index (χ1v) is 5.08. The zero-order valence-electron chi connectivity index (χ0n) is 8.81. The van der Waals surface area contributed by atoms with Gasteiger partial charge in [-0.3, -0.25) is 0 Å². The average molecular weight is 194 g/mol. The van der Waals surface area contributed by atoms with Gasteiger partial charge in [-0.25, -0.2) is 0 Å². The van der Waals surface area contributed by atoms with Crippen molar-refractivity contribution in [1.82, 2.24) is 0 Å². The second-order valence-corrected chi connectivity index (χ2v) is 3.48. The molecule has 0 fully saturated rings. The first kappa shape index (κ1) is 11.2. The molecule has 0 spiro atoms. The lowest BCUT2D eigenvalue weighted by atomic mass is 10.1. The maximum absolute atomic E-state index is 9.74. The summed E-state index contributed by atoms with van der Waals surface area (Å²) in [5.41, 5.74) is 0.913. The first-order chi connectivity index (χ1) is 6.74. The summed E-state index contributed by atoms with van der Waals surface area (Å²) < 4.78 is 5.46. The van der Waals surface area contributed by atoms with Crippen LogP contribution < -0.4 is 0 Å². The Morgan fingerprint density at radius 2 is 1.93 bits per heavy atom. The lowest BCUT2D eigenvalue weighted by Crippen LogP contribution is -2.13. The molecule has 1 N–H and O–H groups in total. The predicted octanol–water partition coefficient (Wildman–Crippen LogP) is 2.54. The van der Waals surface area contributed by atoms with Crippen molar-refractivity contribution in [3.8, 4) is 0 Å². The topological polar surface area (TPSA) is 29.5 Å². The van der Waals surface area contributed by atoms with Gasteiger partial charge in [-0.05, 0) is 18.9 Å². The molecule has 78 valence electrons. The third-order valence-electron chi connectivity index (χ3n) is 2.30. The van der Waals surface area contributed by atoms with E-state index in [1.165, 1.54) is 0 Å². The van der Waals surface area contributed by atoms with Gasteiger partial charge in [0.05, 0.1) is 12.7 Å². The van der Waals surface area contributed by atoms with E-state index in [9.17, 15) is 5.11 Å². The molecule has 0 saturated carbocycles. The monoisotopic (exact) mass is 194 g/mol. The van der Waals surface area contributed by atoms with Crippen LogP contribution in [-0.4, -0.2) is 17.8 Å². The highest BCUT2D eigenvalue weighted by Crippen LogP contribution is 2.13. The fourth-order valence-electron chi connectivity index (χ4n) is 1.14. The number of hydrogen-bond acceptors (Lipinski definition) is 2. The van der Waals surface area contributed by atoms with Crippen LogP contribution in [-0.2, 0) is 4.74 Å². The van der Waals surface area contributed by atoms with Gasteiger partial charge in [-0.2, -0.15) is 0 Å². The van der Waals surface area contributed by atoms with Crippen molar-refractivity contribution in [2.75, 3.05) is 6.61 Å². The highest BCUT2D eigenvalue weighted by Gasteiger charge is 2.08. The van der Waals surface area contributed by atoms with Gasteiger partial charge < -0.3 is 9.84 Å². The zero-order valence-corrected chi connectivity index (χ0v) is 8.81. The maximum atomic E-state index is 9.74. The van der Waals surface area contributed by atoms with Crippen LogP contribution in [0, 0.1) is 0 Å². The normalized spacial score (nSPS) is 15.1. The summed E-state index contributed by atoms with van der Waals surface area (Å²) in [6, 6.07) is 9.59. The number of benzene rings is 1. The summed E-state index contributed by atoms with van der Waals surface area (Å²) in [7, 11) is 0. The van der Waals surface area contributed by atoms with Crippen LogP contribution >= 0.6 is 0 Å². The summed E-state index contributed by atoms with van der Waals surface area (Å²) >= 11 is 0. The Labute approximate surface area is 85.5 Å². The van der Waals surface area contributed by atoms with Crippen molar-refractivity contribution < 1.29 is 9.84 Å². The predicted molar refractivity (Wildman–Crippen MR) is 57.1 cm³/mol. The standard InChI is InChI=1S/C12H18O2/c1-3-10(2)14-9-12(13)11-7-5-4-6-8-11/h4-8,10,12-13H,3,9H2,1-2H3/t10?,12-/m0/s1. The van der Waals surface area contributed by atoms with Crippen molar-refractivity contribution in [3.63, 3.8) is 0 Å². The number of ether oxygens (including phenoxy) is 1. The average Bonchev–Trinajstić information content (AvgIpc) is 2.26. The Hall–Kier alpha value is -0.860. The Kier molecular flexibility index (Phi) is 4.63. The Balaban J connectivity index is 2.39. The van der Waals surface area contributed by atoms with Crippen LogP contribution in [0.2, 0.25) is 0 Å². The zero-order chi connectivity index (χ0) is 10.4. The maximum Gasteiger partial charge on any atom is 0.102 e. The molecule has 2 heteroatoms. The highest BCUT2D eigenvalue weighted by molar-refractivity contribution is 5.17. The van der Waals surface area contributed by atoms with E-state index in [-0.39, 0.29) is 6.10 Å². The van der Waals surface area contributed by atoms with Gasteiger partial charge in [0.1, 0.15) is 6.10 Å². The molecule has 1 unspecified atom stereocenters. The van der Waals surface area contributed by atoms with Crippen LogP contribution in [0.15, 0.2) is 30.3 Å². The lowest BCUT2D eigenvalue weighted by Gasteiger charge is -2.15.